The number of hydrogen-bond donors (Lipinski definition) is 1. The molecule has 0 spiro atoms. The fraction of sp³-hybridized carbons (Fsp3) is 0.227. The molecule has 4 aromatic rings. The molecular formula is C22H20FN9O2. The molecule has 1 N–H and O–H groups in total. The molecule has 12 heteroatoms. The summed E-state index contributed by atoms with van der Waals surface area (Å²) < 4.78 is 16.0. The molecule has 1 amide bonds. The van der Waals surface area contributed by atoms with Crippen molar-refractivity contribution in [2.75, 3.05) is 24.5 Å². The van der Waals surface area contributed by atoms with E-state index in [9.17, 15) is 14.0 Å². The van der Waals surface area contributed by atoms with Crippen LogP contribution in [-0.2, 0) is 11.3 Å². The summed E-state index contributed by atoms with van der Waals surface area (Å²) in [6, 6.07) is 8.97. The molecule has 0 bridgehead atoms. The van der Waals surface area contributed by atoms with Crippen LogP contribution >= 0.6 is 0 Å². The molecule has 172 valence electrons. The van der Waals surface area contributed by atoms with Crippen molar-refractivity contribution in [1.29, 1.82) is 0 Å². The molecule has 5 rings (SSSR count). The third-order valence-electron chi connectivity index (χ3n) is 5.54. The van der Waals surface area contributed by atoms with Gasteiger partial charge < -0.3 is 10.2 Å². The van der Waals surface area contributed by atoms with E-state index in [4.69, 9.17) is 0 Å². The van der Waals surface area contributed by atoms with Gasteiger partial charge in [0.25, 0.3) is 5.56 Å². The number of aromatic nitrogens is 7. The smallest absolute Gasteiger partial charge is 0.253 e. The Hall–Kier alpha value is -4.48. The van der Waals surface area contributed by atoms with Crippen LogP contribution in [0.25, 0.3) is 17.1 Å². The van der Waals surface area contributed by atoms with E-state index in [2.05, 4.69) is 30.4 Å². The van der Waals surface area contributed by atoms with Crippen molar-refractivity contribution in [1.82, 2.24) is 39.6 Å². The Bertz CT molecular complexity index is 1350. The van der Waals surface area contributed by atoms with E-state index in [1.165, 1.54) is 46.4 Å². The highest BCUT2D eigenvalue weighted by atomic mass is 19.1. The van der Waals surface area contributed by atoms with Crippen LogP contribution in [0.5, 0.6) is 0 Å². The molecule has 0 unspecified atom stereocenters. The van der Waals surface area contributed by atoms with Crippen LogP contribution in [-0.4, -0.2) is 59.8 Å². The number of carbonyl (C=O) groups excluding carboxylic acids is 1. The zero-order valence-corrected chi connectivity index (χ0v) is 18.0. The summed E-state index contributed by atoms with van der Waals surface area (Å²) in [5.41, 5.74) is 0.882. The highest BCUT2D eigenvalue weighted by molar-refractivity contribution is 5.81. The number of anilines is 1. The summed E-state index contributed by atoms with van der Waals surface area (Å²) in [6.45, 7) is 1.67. The van der Waals surface area contributed by atoms with Crippen LogP contribution in [0.1, 0.15) is 0 Å². The minimum absolute atomic E-state index is 0.0780. The summed E-state index contributed by atoms with van der Waals surface area (Å²) in [7, 11) is 0. The van der Waals surface area contributed by atoms with Gasteiger partial charge in [-0.3, -0.25) is 14.2 Å². The van der Waals surface area contributed by atoms with Crippen molar-refractivity contribution < 1.29 is 9.18 Å². The third kappa shape index (κ3) is 4.51. The molecule has 0 saturated carbocycles. The Labute approximate surface area is 193 Å². The second-order valence-electron chi connectivity index (χ2n) is 7.78. The van der Waals surface area contributed by atoms with Crippen molar-refractivity contribution >= 4 is 11.7 Å². The maximum atomic E-state index is 13.1. The molecule has 0 atom stereocenters. The van der Waals surface area contributed by atoms with E-state index in [1.54, 1.807) is 24.5 Å². The first-order chi connectivity index (χ1) is 16.6. The lowest BCUT2D eigenvalue weighted by Gasteiger charge is -2.39. The van der Waals surface area contributed by atoms with E-state index in [0.717, 1.165) is 0 Å². The van der Waals surface area contributed by atoms with Crippen LogP contribution < -0.4 is 15.8 Å². The van der Waals surface area contributed by atoms with E-state index < -0.39 is 0 Å². The van der Waals surface area contributed by atoms with E-state index in [0.29, 0.717) is 49.1 Å². The lowest BCUT2D eigenvalue weighted by atomic mass is 9.99. The van der Waals surface area contributed by atoms with Crippen LogP contribution in [0.4, 0.5) is 10.2 Å². The van der Waals surface area contributed by atoms with Gasteiger partial charge in [0, 0.05) is 43.9 Å². The largest absolute Gasteiger partial charge is 0.355 e. The predicted molar refractivity (Wildman–Crippen MR) is 120 cm³/mol. The first-order valence-corrected chi connectivity index (χ1v) is 10.6. The summed E-state index contributed by atoms with van der Waals surface area (Å²) >= 11 is 0. The van der Waals surface area contributed by atoms with Crippen molar-refractivity contribution in [3.05, 3.63) is 77.9 Å². The summed E-state index contributed by atoms with van der Waals surface area (Å²) in [6.07, 6.45) is 5.86. The highest BCUT2D eigenvalue weighted by Crippen LogP contribution is 2.23. The number of nitrogens with zero attached hydrogens (tertiary/aromatic N) is 8. The van der Waals surface area contributed by atoms with Crippen molar-refractivity contribution in [2.45, 2.75) is 6.54 Å². The summed E-state index contributed by atoms with van der Waals surface area (Å²) in [5.74, 6) is 0.713. The minimum atomic E-state index is -0.351. The van der Waals surface area contributed by atoms with E-state index in [1.807, 2.05) is 4.90 Å². The molecule has 3 aromatic heterocycles. The van der Waals surface area contributed by atoms with Crippen LogP contribution in [0.3, 0.4) is 0 Å². The zero-order chi connectivity index (χ0) is 23.5. The molecule has 34 heavy (non-hydrogen) atoms. The second-order valence-corrected chi connectivity index (χ2v) is 7.78. The number of rotatable bonds is 7. The normalized spacial score (nSPS) is 13.5. The van der Waals surface area contributed by atoms with Gasteiger partial charge in [-0.05, 0) is 24.3 Å². The van der Waals surface area contributed by atoms with E-state index >= 15 is 0 Å². The first-order valence-electron chi connectivity index (χ1n) is 10.6. The topological polar surface area (TPSA) is 124 Å². The van der Waals surface area contributed by atoms with Crippen LogP contribution in [0, 0.1) is 11.7 Å². The molecule has 11 nitrogen and oxygen atoms in total. The Kier molecular flexibility index (Phi) is 5.77. The SMILES string of the molecule is O=C(NCCn1cnc(-c2ccc(F)cc2)cc1=O)C1CN(c2cc(-n3cncn3)ncn2)C1. The minimum Gasteiger partial charge on any atom is -0.355 e. The van der Waals surface area contributed by atoms with Crippen molar-refractivity contribution in [3.8, 4) is 17.1 Å². The standard InChI is InChI=1S/C22H20FN9O2/c23-17-3-1-15(2-4-17)18-7-21(33)30(14-28-18)6-5-25-22(34)16-9-31(10-16)19-8-20(27-12-26-19)32-13-24-11-29-32/h1-4,7-8,11-14,16H,5-6,9-10H2,(H,25,34). The van der Waals surface area contributed by atoms with Gasteiger partial charge in [-0.2, -0.15) is 5.10 Å². The number of halogens is 1. The van der Waals surface area contributed by atoms with Gasteiger partial charge in [0.2, 0.25) is 5.91 Å². The quantitative estimate of drug-likeness (QED) is 0.426. The highest BCUT2D eigenvalue weighted by Gasteiger charge is 2.33. The van der Waals surface area contributed by atoms with Crippen molar-refractivity contribution in [2.24, 2.45) is 5.92 Å². The average molecular weight is 461 g/mol. The third-order valence-corrected chi connectivity index (χ3v) is 5.54. The fourth-order valence-corrected chi connectivity index (χ4v) is 3.61. The molecule has 1 saturated heterocycles. The number of carbonyl (C=O) groups is 1. The lowest BCUT2D eigenvalue weighted by Crippen LogP contribution is -2.54. The number of nitrogens with one attached hydrogen (secondary N) is 1. The molecule has 1 aliphatic heterocycles. The van der Waals surface area contributed by atoms with Gasteiger partial charge in [0.1, 0.15) is 30.6 Å². The second kappa shape index (κ2) is 9.17. The Morgan fingerprint density at radius 2 is 1.82 bits per heavy atom. The number of hydrogen-bond acceptors (Lipinski definition) is 8. The van der Waals surface area contributed by atoms with Crippen molar-refractivity contribution in [3.63, 3.8) is 0 Å². The van der Waals surface area contributed by atoms with Gasteiger partial charge in [0.05, 0.1) is 17.9 Å². The van der Waals surface area contributed by atoms with Gasteiger partial charge in [0.15, 0.2) is 5.82 Å². The van der Waals surface area contributed by atoms with Gasteiger partial charge in [-0.1, -0.05) is 0 Å². The Morgan fingerprint density at radius 1 is 1.03 bits per heavy atom. The molecule has 1 aliphatic rings. The average Bonchev–Trinajstić information content (AvgIpc) is 3.35. The molecule has 1 fully saturated rings. The fourth-order valence-electron chi connectivity index (χ4n) is 3.61. The number of amides is 1. The first kappa shape index (κ1) is 21.4. The van der Waals surface area contributed by atoms with Crippen LogP contribution in [0.15, 0.2) is 66.5 Å². The summed E-state index contributed by atoms with van der Waals surface area (Å²) in [5, 5.41) is 6.92. The molecule has 0 radical (unpaired) electrons. The van der Waals surface area contributed by atoms with Gasteiger partial charge >= 0.3 is 0 Å². The van der Waals surface area contributed by atoms with Crippen LogP contribution in [0.2, 0.25) is 0 Å². The predicted octanol–water partition coefficient (Wildman–Crippen LogP) is 0.673. The molecular weight excluding hydrogens is 441 g/mol. The Balaban J connectivity index is 1.11. The van der Waals surface area contributed by atoms with E-state index in [-0.39, 0.29) is 23.2 Å². The number of benzene rings is 1. The Morgan fingerprint density at radius 3 is 2.56 bits per heavy atom. The molecule has 4 heterocycles. The van der Waals surface area contributed by atoms with Gasteiger partial charge in [-0.15, -0.1) is 0 Å². The molecule has 1 aromatic carbocycles. The van der Waals surface area contributed by atoms with Gasteiger partial charge in [-0.25, -0.2) is 29.0 Å². The maximum absolute atomic E-state index is 13.1. The monoisotopic (exact) mass is 461 g/mol. The zero-order valence-electron chi connectivity index (χ0n) is 18.0. The summed E-state index contributed by atoms with van der Waals surface area (Å²) in [4.78, 5) is 43.4. The lowest BCUT2D eigenvalue weighted by molar-refractivity contribution is -0.125. The molecule has 0 aliphatic carbocycles. The maximum Gasteiger partial charge on any atom is 0.253 e.